The standard InChI is InChI=1S/C29H27Cl2N3O5S2/c1-19-7-11-27(12-8-19)41(38,39)34(25-16-22(30)15-23(31)17-25)18-28(35)32-24-9-13-26(14-10-24)40(36,37)33-29-20(2)5-4-6-21(29)3/h4-17,33H,18H2,1-3H3,(H,32,35). The summed E-state index contributed by atoms with van der Waals surface area (Å²) in [7, 11) is -8.08. The lowest BCUT2D eigenvalue weighted by atomic mass is 10.1. The second kappa shape index (κ2) is 12.1. The second-order valence-electron chi connectivity index (χ2n) is 9.40. The third-order valence-corrected chi connectivity index (χ3v) is 9.79. The highest BCUT2D eigenvalue weighted by molar-refractivity contribution is 7.93. The number of hydrogen-bond acceptors (Lipinski definition) is 5. The first-order chi connectivity index (χ1) is 19.3. The van der Waals surface area contributed by atoms with Crippen molar-refractivity contribution in [2.45, 2.75) is 30.6 Å². The van der Waals surface area contributed by atoms with Gasteiger partial charge in [-0.1, -0.05) is 59.1 Å². The van der Waals surface area contributed by atoms with Crippen molar-refractivity contribution in [1.29, 1.82) is 0 Å². The summed E-state index contributed by atoms with van der Waals surface area (Å²) in [5.74, 6) is -0.666. The van der Waals surface area contributed by atoms with E-state index in [0.717, 1.165) is 21.0 Å². The molecule has 4 rings (SSSR count). The first-order valence-corrected chi connectivity index (χ1v) is 16.0. The number of sulfonamides is 2. The number of rotatable bonds is 9. The molecule has 0 unspecified atom stereocenters. The van der Waals surface area contributed by atoms with Crippen LogP contribution >= 0.6 is 23.2 Å². The minimum Gasteiger partial charge on any atom is -0.325 e. The van der Waals surface area contributed by atoms with Crippen LogP contribution in [0.2, 0.25) is 10.0 Å². The molecule has 41 heavy (non-hydrogen) atoms. The van der Waals surface area contributed by atoms with Crippen molar-refractivity contribution >= 4 is 66.2 Å². The Hall–Kier alpha value is -3.57. The molecule has 0 saturated heterocycles. The van der Waals surface area contributed by atoms with Gasteiger partial charge in [-0.25, -0.2) is 16.8 Å². The molecular weight excluding hydrogens is 605 g/mol. The van der Waals surface area contributed by atoms with Crippen molar-refractivity contribution in [3.63, 3.8) is 0 Å². The molecule has 0 saturated carbocycles. The van der Waals surface area contributed by atoms with E-state index in [2.05, 4.69) is 10.0 Å². The summed E-state index contributed by atoms with van der Waals surface area (Å²) in [5.41, 5.74) is 3.32. The number of anilines is 3. The number of para-hydroxylation sites is 1. The van der Waals surface area contributed by atoms with E-state index in [-0.39, 0.29) is 31.2 Å². The molecule has 0 fully saturated rings. The second-order valence-corrected chi connectivity index (χ2v) is 13.8. The maximum absolute atomic E-state index is 13.6. The molecule has 0 heterocycles. The third-order valence-electron chi connectivity index (χ3n) is 6.20. The zero-order valence-corrected chi connectivity index (χ0v) is 25.5. The Bertz CT molecular complexity index is 1770. The summed E-state index contributed by atoms with van der Waals surface area (Å²) in [6, 6.07) is 21.5. The van der Waals surface area contributed by atoms with Crippen molar-refractivity contribution in [3.05, 3.63) is 112 Å². The first kappa shape index (κ1) is 30.4. The fraction of sp³-hybridized carbons (Fsp3) is 0.138. The molecule has 0 spiro atoms. The molecule has 12 heteroatoms. The summed E-state index contributed by atoms with van der Waals surface area (Å²) in [6.07, 6.45) is 0. The van der Waals surface area contributed by atoms with Gasteiger partial charge in [-0.2, -0.15) is 0 Å². The molecule has 4 aromatic rings. The highest BCUT2D eigenvalue weighted by Crippen LogP contribution is 2.30. The van der Waals surface area contributed by atoms with E-state index in [9.17, 15) is 21.6 Å². The lowest BCUT2D eigenvalue weighted by Crippen LogP contribution is -2.38. The quantitative estimate of drug-likeness (QED) is 0.217. The van der Waals surface area contributed by atoms with Gasteiger partial charge in [0.05, 0.1) is 21.2 Å². The molecule has 214 valence electrons. The van der Waals surface area contributed by atoms with Crippen molar-refractivity contribution in [2.75, 3.05) is 20.9 Å². The monoisotopic (exact) mass is 631 g/mol. The van der Waals surface area contributed by atoms with E-state index in [1.807, 2.05) is 39.0 Å². The van der Waals surface area contributed by atoms with Crippen LogP contribution < -0.4 is 14.3 Å². The van der Waals surface area contributed by atoms with Crippen molar-refractivity contribution in [1.82, 2.24) is 0 Å². The summed E-state index contributed by atoms with van der Waals surface area (Å²) in [6.45, 7) is 4.85. The molecule has 0 aromatic heterocycles. The molecule has 0 radical (unpaired) electrons. The summed E-state index contributed by atoms with van der Waals surface area (Å²) < 4.78 is 56.7. The van der Waals surface area contributed by atoms with E-state index in [1.165, 1.54) is 54.6 Å². The molecule has 0 bridgehead atoms. The Morgan fingerprint density at radius 1 is 0.756 bits per heavy atom. The van der Waals surface area contributed by atoms with Crippen molar-refractivity contribution < 1.29 is 21.6 Å². The van der Waals surface area contributed by atoms with Crippen molar-refractivity contribution in [3.8, 4) is 0 Å². The van der Waals surface area contributed by atoms with E-state index < -0.39 is 32.5 Å². The molecular formula is C29H27Cl2N3O5S2. The number of halogens is 2. The Morgan fingerprint density at radius 2 is 1.29 bits per heavy atom. The van der Waals surface area contributed by atoms with E-state index >= 15 is 0 Å². The van der Waals surface area contributed by atoms with Gasteiger partial charge in [-0.15, -0.1) is 0 Å². The van der Waals surface area contributed by atoms with Gasteiger partial charge < -0.3 is 5.32 Å². The Labute approximate surface area is 250 Å². The smallest absolute Gasteiger partial charge is 0.264 e. The van der Waals surface area contributed by atoms with E-state index in [0.29, 0.717) is 5.69 Å². The molecule has 1 amide bonds. The number of carbonyl (C=O) groups is 1. The number of carbonyl (C=O) groups excluding carboxylic acids is 1. The maximum Gasteiger partial charge on any atom is 0.264 e. The Balaban J connectivity index is 1.56. The average molecular weight is 633 g/mol. The Morgan fingerprint density at radius 3 is 1.85 bits per heavy atom. The van der Waals surface area contributed by atoms with Gasteiger partial charge in [0.1, 0.15) is 6.54 Å². The largest absolute Gasteiger partial charge is 0.325 e. The SMILES string of the molecule is Cc1ccc(S(=O)(=O)N(CC(=O)Nc2ccc(S(=O)(=O)Nc3c(C)cccc3C)cc2)c2cc(Cl)cc(Cl)c2)cc1. The number of benzene rings is 4. The number of aryl methyl sites for hydroxylation is 3. The summed E-state index contributed by atoms with van der Waals surface area (Å²) in [4.78, 5) is 13.1. The van der Waals surface area contributed by atoms with Crippen LogP contribution in [0.15, 0.2) is 94.7 Å². The number of amides is 1. The lowest BCUT2D eigenvalue weighted by Gasteiger charge is -2.24. The van der Waals surface area contributed by atoms with Crippen LogP contribution in [0.3, 0.4) is 0 Å². The van der Waals surface area contributed by atoms with Gasteiger partial charge in [-0.05, 0) is 86.5 Å². The van der Waals surface area contributed by atoms with Crippen LogP contribution in [0.25, 0.3) is 0 Å². The highest BCUT2D eigenvalue weighted by atomic mass is 35.5. The molecule has 2 N–H and O–H groups in total. The average Bonchev–Trinajstić information content (AvgIpc) is 2.89. The van der Waals surface area contributed by atoms with E-state index in [4.69, 9.17) is 23.2 Å². The lowest BCUT2D eigenvalue weighted by molar-refractivity contribution is -0.114. The first-order valence-electron chi connectivity index (χ1n) is 12.3. The minimum absolute atomic E-state index is 0.00435. The Kier molecular flexibility index (Phi) is 8.98. The van der Waals surface area contributed by atoms with Gasteiger partial charge in [-0.3, -0.25) is 13.8 Å². The zero-order chi connectivity index (χ0) is 29.9. The number of nitrogens with zero attached hydrogens (tertiary/aromatic N) is 1. The van der Waals surface area contributed by atoms with Gasteiger partial charge in [0.15, 0.2) is 0 Å². The van der Waals surface area contributed by atoms with Crippen LogP contribution in [0.1, 0.15) is 16.7 Å². The predicted molar refractivity (Wildman–Crippen MR) is 164 cm³/mol. The van der Waals surface area contributed by atoms with Gasteiger partial charge in [0, 0.05) is 15.7 Å². The maximum atomic E-state index is 13.6. The molecule has 0 aliphatic rings. The van der Waals surface area contributed by atoms with Gasteiger partial charge in [0.2, 0.25) is 5.91 Å². The topological polar surface area (TPSA) is 113 Å². The number of nitrogens with one attached hydrogen (secondary N) is 2. The third kappa shape index (κ3) is 7.20. The highest BCUT2D eigenvalue weighted by Gasteiger charge is 2.28. The van der Waals surface area contributed by atoms with Crippen LogP contribution in [0.4, 0.5) is 17.1 Å². The minimum atomic E-state index is -4.19. The molecule has 0 atom stereocenters. The van der Waals surface area contributed by atoms with Crippen LogP contribution in [-0.4, -0.2) is 29.3 Å². The van der Waals surface area contributed by atoms with Crippen LogP contribution in [0, 0.1) is 20.8 Å². The summed E-state index contributed by atoms with van der Waals surface area (Å²) >= 11 is 12.3. The van der Waals surface area contributed by atoms with E-state index in [1.54, 1.807) is 12.1 Å². The molecule has 0 aliphatic carbocycles. The number of hydrogen-bond donors (Lipinski definition) is 2. The fourth-order valence-electron chi connectivity index (χ4n) is 4.05. The van der Waals surface area contributed by atoms with Crippen LogP contribution in [0.5, 0.6) is 0 Å². The molecule has 4 aromatic carbocycles. The molecule has 8 nitrogen and oxygen atoms in total. The van der Waals surface area contributed by atoms with Gasteiger partial charge in [0.25, 0.3) is 20.0 Å². The van der Waals surface area contributed by atoms with Crippen molar-refractivity contribution in [2.24, 2.45) is 0 Å². The fourth-order valence-corrected chi connectivity index (χ4v) is 7.18. The predicted octanol–water partition coefficient (Wildman–Crippen LogP) is 6.55. The zero-order valence-electron chi connectivity index (χ0n) is 22.4. The molecule has 0 aliphatic heterocycles. The normalized spacial score (nSPS) is 11.6. The van der Waals surface area contributed by atoms with Crippen LogP contribution in [-0.2, 0) is 24.8 Å². The summed E-state index contributed by atoms with van der Waals surface area (Å²) in [5, 5.41) is 3.02. The van der Waals surface area contributed by atoms with Gasteiger partial charge >= 0.3 is 0 Å².